The quantitative estimate of drug-likeness (QED) is 0.289. The zero-order valence-electron chi connectivity index (χ0n) is 25.2. The van der Waals surface area contributed by atoms with E-state index in [-0.39, 0.29) is 17.9 Å². The molecule has 2 rings (SSSR count). The zero-order chi connectivity index (χ0) is 30.2. The van der Waals surface area contributed by atoms with E-state index in [2.05, 4.69) is 10.6 Å². The van der Waals surface area contributed by atoms with Gasteiger partial charge in [-0.2, -0.15) is 11.8 Å². The van der Waals surface area contributed by atoms with Crippen molar-refractivity contribution in [3.8, 4) is 0 Å². The molecule has 2 N–H and O–H groups in total. The van der Waals surface area contributed by atoms with Crippen molar-refractivity contribution in [2.24, 2.45) is 0 Å². The summed E-state index contributed by atoms with van der Waals surface area (Å²) in [5, 5.41) is 6.22. The standard InChI is InChI=1S/C31H44ClN3O4S/c1-10-22(5)35(29(37)25(16-17-40-9)33-30(38)39-31(6,7)8)27(23-18-19(2)14-15-20(23)3)28(36)34-26-21(4)12-11-13-24(26)32/h11-15,18,22,25,27H,10,16-17H2,1-9H3,(H,33,38)(H,34,36). The molecule has 0 aliphatic heterocycles. The maximum Gasteiger partial charge on any atom is 0.408 e. The molecule has 7 nitrogen and oxygen atoms in total. The van der Waals surface area contributed by atoms with Crippen molar-refractivity contribution in [3.05, 3.63) is 63.7 Å². The molecule has 0 aliphatic carbocycles. The molecule has 220 valence electrons. The monoisotopic (exact) mass is 589 g/mol. The van der Waals surface area contributed by atoms with Gasteiger partial charge in [0.15, 0.2) is 0 Å². The number of halogens is 1. The number of para-hydroxylation sites is 1. The van der Waals surface area contributed by atoms with Crippen molar-refractivity contribution in [1.29, 1.82) is 0 Å². The first kappa shape index (κ1) is 33.5. The fraction of sp³-hybridized carbons (Fsp3) is 0.516. The van der Waals surface area contributed by atoms with Gasteiger partial charge in [0.1, 0.15) is 17.7 Å². The molecule has 0 fully saturated rings. The number of hydrogen-bond acceptors (Lipinski definition) is 5. The van der Waals surface area contributed by atoms with E-state index < -0.39 is 23.8 Å². The molecule has 3 atom stereocenters. The highest BCUT2D eigenvalue weighted by Gasteiger charge is 2.39. The lowest BCUT2D eigenvalue weighted by Crippen LogP contribution is -2.55. The summed E-state index contributed by atoms with van der Waals surface area (Å²) >= 11 is 8.05. The van der Waals surface area contributed by atoms with E-state index in [1.165, 1.54) is 0 Å². The van der Waals surface area contributed by atoms with Crippen molar-refractivity contribution < 1.29 is 19.1 Å². The Labute approximate surface area is 248 Å². The van der Waals surface area contributed by atoms with E-state index in [0.717, 1.165) is 22.3 Å². The number of anilines is 1. The lowest BCUT2D eigenvalue weighted by Gasteiger charge is -2.39. The predicted octanol–water partition coefficient (Wildman–Crippen LogP) is 7.22. The Kier molecular flexibility index (Phi) is 12.4. The molecule has 2 aromatic rings. The first-order valence-corrected chi connectivity index (χ1v) is 15.4. The Bertz CT molecular complexity index is 1180. The fourth-order valence-corrected chi connectivity index (χ4v) is 5.11. The van der Waals surface area contributed by atoms with Crippen LogP contribution in [-0.2, 0) is 14.3 Å². The molecule has 0 aromatic heterocycles. The summed E-state index contributed by atoms with van der Waals surface area (Å²) in [5.74, 6) is -0.0784. The van der Waals surface area contributed by atoms with Gasteiger partial charge in [0.25, 0.3) is 5.91 Å². The number of rotatable bonds is 11. The molecule has 0 saturated carbocycles. The number of hydrogen-bond donors (Lipinski definition) is 2. The van der Waals surface area contributed by atoms with Crippen LogP contribution in [0.25, 0.3) is 0 Å². The lowest BCUT2D eigenvalue weighted by molar-refractivity contribution is -0.143. The largest absolute Gasteiger partial charge is 0.444 e. The van der Waals surface area contributed by atoms with Crippen molar-refractivity contribution >= 4 is 47.0 Å². The summed E-state index contributed by atoms with van der Waals surface area (Å²) in [6, 6.07) is 9.14. The summed E-state index contributed by atoms with van der Waals surface area (Å²) in [4.78, 5) is 43.0. The number of nitrogens with zero attached hydrogens (tertiary/aromatic N) is 1. The summed E-state index contributed by atoms with van der Waals surface area (Å²) < 4.78 is 5.48. The molecule has 3 amide bonds. The number of aryl methyl sites for hydroxylation is 3. The second-order valence-electron chi connectivity index (χ2n) is 11.2. The van der Waals surface area contributed by atoms with Gasteiger partial charge in [-0.1, -0.05) is 54.4 Å². The Balaban J connectivity index is 2.65. The molecule has 9 heteroatoms. The van der Waals surface area contributed by atoms with Gasteiger partial charge >= 0.3 is 6.09 Å². The van der Waals surface area contributed by atoms with Gasteiger partial charge in [-0.3, -0.25) is 9.59 Å². The number of thioether (sulfide) groups is 1. The molecule has 0 saturated heterocycles. The zero-order valence-corrected chi connectivity index (χ0v) is 26.8. The summed E-state index contributed by atoms with van der Waals surface area (Å²) in [5.41, 5.74) is 3.16. The van der Waals surface area contributed by atoms with Crippen molar-refractivity contribution in [2.45, 2.75) is 92.0 Å². The molecule has 2 aromatic carbocycles. The molecule has 0 bridgehead atoms. The highest BCUT2D eigenvalue weighted by atomic mass is 35.5. The number of carbonyl (C=O) groups is 3. The van der Waals surface area contributed by atoms with Crippen LogP contribution in [0.4, 0.5) is 10.5 Å². The maximum atomic E-state index is 14.4. The van der Waals surface area contributed by atoms with Crippen molar-refractivity contribution in [2.75, 3.05) is 17.3 Å². The fourth-order valence-electron chi connectivity index (χ4n) is 4.37. The SMILES string of the molecule is CCC(C)N(C(=O)C(CCSC)NC(=O)OC(C)(C)C)C(C(=O)Nc1c(C)cccc1Cl)c1cc(C)ccc1C. The molecular weight excluding hydrogens is 546 g/mol. The third kappa shape index (κ3) is 9.16. The summed E-state index contributed by atoms with van der Waals surface area (Å²) in [6.07, 6.45) is 2.26. The predicted molar refractivity (Wildman–Crippen MR) is 166 cm³/mol. The van der Waals surface area contributed by atoms with Crippen LogP contribution < -0.4 is 10.6 Å². The third-order valence-electron chi connectivity index (χ3n) is 6.65. The number of alkyl carbamates (subject to hydrolysis) is 1. The van der Waals surface area contributed by atoms with Crippen LogP contribution in [0.2, 0.25) is 5.02 Å². The number of ether oxygens (including phenoxy) is 1. The van der Waals surface area contributed by atoms with E-state index >= 15 is 0 Å². The van der Waals surface area contributed by atoms with Crippen LogP contribution in [0.3, 0.4) is 0 Å². The number of benzene rings is 2. The Morgan fingerprint density at radius 2 is 1.75 bits per heavy atom. The highest BCUT2D eigenvalue weighted by Crippen LogP contribution is 2.33. The van der Waals surface area contributed by atoms with Gasteiger partial charge in [0, 0.05) is 6.04 Å². The van der Waals surface area contributed by atoms with E-state index in [0.29, 0.717) is 29.3 Å². The minimum absolute atomic E-state index is 0.312. The molecule has 3 unspecified atom stereocenters. The van der Waals surface area contributed by atoms with Gasteiger partial charge in [-0.15, -0.1) is 0 Å². The van der Waals surface area contributed by atoms with E-state index in [1.807, 2.05) is 71.2 Å². The van der Waals surface area contributed by atoms with Crippen LogP contribution in [-0.4, -0.2) is 52.5 Å². The molecule has 40 heavy (non-hydrogen) atoms. The number of nitrogens with one attached hydrogen (secondary N) is 2. The Morgan fingerprint density at radius 3 is 2.33 bits per heavy atom. The van der Waals surface area contributed by atoms with Crippen LogP contribution in [0.5, 0.6) is 0 Å². The first-order valence-electron chi connectivity index (χ1n) is 13.6. The van der Waals surface area contributed by atoms with Gasteiger partial charge in [0.05, 0.1) is 10.7 Å². The van der Waals surface area contributed by atoms with Crippen molar-refractivity contribution in [3.63, 3.8) is 0 Å². The minimum Gasteiger partial charge on any atom is -0.444 e. The highest BCUT2D eigenvalue weighted by molar-refractivity contribution is 7.98. The first-order chi connectivity index (χ1) is 18.7. The Morgan fingerprint density at radius 1 is 1.07 bits per heavy atom. The topological polar surface area (TPSA) is 87.7 Å². The average molecular weight is 590 g/mol. The van der Waals surface area contributed by atoms with E-state index in [4.69, 9.17) is 16.3 Å². The normalized spacial score (nSPS) is 13.7. The molecule has 0 heterocycles. The molecule has 0 spiro atoms. The van der Waals surface area contributed by atoms with Crippen LogP contribution in [0, 0.1) is 20.8 Å². The number of carbonyl (C=O) groups excluding carboxylic acids is 3. The second-order valence-corrected chi connectivity index (χ2v) is 12.6. The molecular formula is C31H44ClN3O4S. The maximum absolute atomic E-state index is 14.4. The van der Waals surface area contributed by atoms with Crippen LogP contribution >= 0.6 is 23.4 Å². The van der Waals surface area contributed by atoms with Crippen LogP contribution in [0.15, 0.2) is 36.4 Å². The lowest BCUT2D eigenvalue weighted by atomic mass is 9.94. The smallest absolute Gasteiger partial charge is 0.408 e. The number of amides is 3. The second kappa shape index (κ2) is 14.8. The van der Waals surface area contributed by atoms with Gasteiger partial charge < -0.3 is 20.3 Å². The summed E-state index contributed by atoms with van der Waals surface area (Å²) in [7, 11) is 0. The van der Waals surface area contributed by atoms with E-state index in [1.54, 1.807) is 43.5 Å². The average Bonchev–Trinajstić information content (AvgIpc) is 2.86. The van der Waals surface area contributed by atoms with Crippen LogP contribution in [0.1, 0.15) is 75.8 Å². The molecule has 0 aliphatic rings. The van der Waals surface area contributed by atoms with Gasteiger partial charge in [-0.25, -0.2) is 4.79 Å². The summed E-state index contributed by atoms with van der Waals surface area (Å²) in [6.45, 7) is 15.0. The van der Waals surface area contributed by atoms with Crippen molar-refractivity contribution in [1.82, 2.24) is 10.2 Å². The van der Waals surface area contributed by atoms with Gasteiger partial charge in [-0.05, 0) is 96.1 Å². The minimum atomic E-state index is -0.963. The molecule has 0 radical (unpaired) electrons. The Hall–Kier alpha value is -2.71. The van der Waals surface area contributed by atoms with E-state index in [9.17, 15) is 14.4 Å². The van der Waals surface area contributed by atoms with Gasteiger partial charge in [0.2, 0.25) is 5.91 Å². The third-order valence-corrected chi connectivity index (χ3v) is 7.60.